The number of ether oxygens (including phenoxy) is 2. The molecule has 0 aliphatic carbocycles. The standard InChI is InChI=1S/C13H26N2O2/c1-5-8-15-13(4,11-14)7-9-17-12(3)10-16-6-2/h12,15H,5-10H2,1-4H3. The van der Waals surface area contributed by atoms with Crippen LogP contribution in [-0.2, 0) is 9.47 Å². The molecule has 0 aliphatic rings. The maximum absolute atomic E-state index is 9.13. The highest BCUT2D eigenvalue weighted by Gasteiger charge is 2.22. The molecule has 2 atom stereocenters. The van der Waals surface area contributed by atoms with E-state index in [-0.39, 0.29) is 6.10 Å². The summed E-state index contributed by atoms with van der Waals surface area (Å²) in [5, 5.41) is 12.4. The molecule has 0 bridgehead atoms. The van der Waals surface area contributed by atoms with Gasteiger partial charge in [0.1, 0.15) is 5.54 Å². The summed E-state index contributed by atoms with van der Waals surface area (Å²) in [5.41, 5.74) is -0.485. The summed E-state index contributed by atoms with van der Waals surface area (Å²) in [6.45, 7) is 10.7. The third kappa shape index (κ3) is 8.14. The van der Waals surface area contributed by atoms with Gasteiger partial charge in [0, 0.05) is 19.6 Å². The van der Waals surface area contributed by atoms with Crippen LogP contribution in [-0.4, -0.2) is 38.0 Å². The Morgan fingerprint density at radius 2 is 2.12 bits per heavy atom. The molecule has 0 aromatic heterocycles. The first-order chi connectivity index (χ1) is 8.08. The zero-order chi connectivity index (χ0) is 13.1. The Morgan fingerprint density at radius 1 is 1.41 bits per heavy atom. The second kappa shape index (κ2) is 9.41. The van der Waals surface area contributed by atoms with Crippen molar-refractivity contribution in [3.63, 3.8) is 0 Å². The predicted molar refractivity (Wildman–Crippen MR) is 68.8 cm³/mol. The molecule has 0 spiro atoms. The molecule has 100 valence electrons. The zero-order valence-corrected chi connectivity index (χ0v) is 11.6. The maximum Gasteiger partial charge on any atom is 0.106 e. The number of nitriles is 1. The van der Waals surface area contributed by atoms with Gasteiger partial charge in [-0.25, -0.2) is 0 Å². The van der Waals surface area contributed by atoms with Crippen molar-refractivity contribution in [1.29, 1.82) is 5.26 Å². The molecule has 0 heterocycles. The molecule has 0 fully saturated rings. The van der Waals surface area contributed by atoms with Gasteiger partial charge in [0.05, 0.1) is 18.8 Å². The summed E-state index contributed by atoms with van der Waals surface area (Å²) in [6.07, 6.45) is 1.81. The summed E-state index contributed by atoms with van der Waals surface area (Å²) < 4.78 is 10.9. The van der Waals surface area contributed by atoms with E-state index >= 15 is 0 Å². The van der Waals surface area contributed by atoms with Crippen molar-refractivity contribution >= 4 is 0 Å². The topological polar surface area (TPSA) is 54.3 Å². The summed E-state index contributed by atoms with van der Waals surface area (Å²) in [5.74, 6) is 0. The maximum atomic E-state index is 9.13. The van der Waals surface area contributed by atoms with Gasteiger partial charge < -0.3 is 9.47 Å². The van der Waals surface area contributed by atoms with Gasteiger partial charge in [0.25, 0.3) is 0 Å². The molecule has 17 heavy (non-hydrogen) atoms. The number of rotatable bonds is 10. The fourth-order valence-corrected chi connectivity index (χ4v) is 1.38. The van der Waals surface area contributed by atoms with Crippen molar-refractivity contribution in [2.75, 3.05) is 26.4 Å². The molecular weight excluding hydrogens is 216 g/mol. The van der Waals surface area contributed by atoms with Crippen molar-refractivity contribution in [1.82, 2.24) is 5.32 Å². The third-order valence-corrected chi connectivity index (χ3v) is 2.57. The summed E-state index contributed by atoms with van der Waals surface area (Å²) in [7, 11) is 0. The van der Waals surface area contributed by atoms with Gasteiger partial charge in [-0.15, -0.1) is 0 Å². The molecule has 0 saturated carbocycles. The van der Waals surface area contributed by atoms with Crippen LogP contribution in [0.1, 0.15) is 40.5 Å². The highest BCUT2D eigenvalue weighted by Crippen LogP contribution is 2.09. The molecule has 0 rings (SSSR count). The van der Waals surface area contributed by atoms with E-state index in [0.29, 0.717) is 26.2 Å². The Bertz CT molecular complexity index is 228. The van der Waals surface area contributed by atoms with Gasteiger partial charge in [-0.05, 0) is 33.7 Å². The average Bonchev–Trinajstić information content (AvgIpc) is 2.34. The average molecular weight is 242 g/mol. The molecule has 0 aliphatic heterocycles. The Labute approximate surface area is 105 Å². The fourth-order valence-electron chi connectivity index (χ4n) is 1.38. The normalized spacial score (nSPS) is 16.2. The molecule has 0 aromatic rings. The number of hydrogen-bond donors (Lipinski definition) is 1. The van der Waals surface area contributed by atoms with Gasteiger partial charge in [-0.2, -0.15) is 5.26 Å². The molecule has 0 aromatic carbocycles. The van der Waals surface area contributed by atoms with Crippen LogP contribution in [0, 0.1) is 11.3 Å². The van der Waals surface area contributed by atoms with Gasteiger partial charge in [-0.1, -0.05) is 6.92 Å². The van der Waals surface area contributed by atoms with Crippen molar-refractivity contribution in [3.05, 3.63) is 0 Å². The van der Waals surface area contributed by atoms with E-state index in [2.05, 4.69) is 18.3 Å². The second-order valence-corrected chi connectivity index (χ2v) is 4.46. The summed E-state index contributed by atoms with van der Waals surface area (Å²) >= 11 is 0. The smallest absolute Gasteiger partial charge is 0.106 e. The number of nitrogens with one attached hydrogen (secondary N) is 1. The lowest BCUT2D eigenvalue weighted by atomic mass is 10.0. The summed E-state index contributed by atoms with van der Waals surface area (Å²) in [6, 6.07) is 2.31. The van der Waals surface area contributed by atoms with Crippen LogP contribution in [0.4, 0.5) is 0 Å². The van der Waals surface area contributed by atoms with Crippen LogP contribution >= 0.6 is 0 Å². The van der Waals surface area contributed by atoms with Gasteiger partial charge in [-0.3, -0.25) is 5.32 Å². The van der Waals surface area contributed by atoms with Crippen LogP contribution < -0.4 is 5.32 Å². The number of hydrogen-bond acceptors (Lipinski definition) is 4. The fraction of sp³-hybridized carbons (Fsp3) is 0.923. The first-order valence-corrected chi connectivity index (χ1v) is 6.43. The van der Waals surface area contributed by atoms with E-state index in [9.17, 15) is 0 Å². The van der Waals surface area contributed by atoms with Crippen molar-refractivity contribution in [2.24, 2.45) is 0 Å². The van der Waals surface area contributed by atoms with E-state index in [1.807, 2.05) is 20.8 Å². The van der Waals surface area contributed by atoms with Gasteiger partial charge >= 0.3 is 0 Å². The van der Waals surface area contributed by atoms with Crippen LogP contribution in [0.25, 0.3) is 0 Å². The van der Waals surface area contributed by atoms with E-state index in [4.69, 9.17) is 14.7 Å². The predicted octanol–water partition coefficient (Wildman–Crippen LogP) is 2.10. The molecule has 2 unspecified atom stereocenters. The molecule has 4 heteroatoms. The SMILES string of the molecule is CCCNC(C)(C#N)CCOC(C)COCC. The zero-order valence-electron chi connectivity index (χ0n) is 11.6. The minimum absolute atomic E-state index is 0.0871. The second-order valence-electron chi connectivity index (χ2n) is 4.46. The van der Waals surface area contributed by atoms with Crippen LogP contribution in [0.2, 0.25) is 0 Å². The van der Waals surface area contributed by atoms with Crippen LogP contribution in [0.5, 0.6) is 0 Å². The Morgan fingerprint density at radius 3 is 2.65 bits per heavy atom. The van der Waals surface area contributed by atoms with E-state index < -0.39 is 5.54 Å². The van der Waals surface area contributed by atoms with E-state index in [1.54, 1.807) is 0 Å². The van der Waals surface area contributed by atoms with Crippen molar-refractivity contribution < 1.29 is 9.47 Å². The minimum atomic E-state index is -0.485. The molecule has 0 amide bonds. The molecular formula is C13H26N2O2. The highest BCUT2D eigenvalue weighted by molar-refractivity contribution is 5.03. The Kier molecular flexibility index (Phi) is 9.06. The molecule has 0 saturated heterocycles. The van der Waals surface area contributed by atoms with Crippen LogP contribution in [0.15, 0.2) is 0 Å². The van der Waals surface area contributed by atoms with Gasteiger partial charge in [0.2, 0.25) is 0 Å². The van der Waals surface area contributed by atoms with Crippen molar-refractivity contribution in [3.8, 4) is 6.07 Å². The first kappa shape index (κ1) is 16.4. The highest BCUT2D eigenvalue weighted by atomic mass is 16.5. The number of nitrogens with zero attached hydrogens (tertiary/aromatic N) is 1. The van der Waals surface area contributed by atoms with E-state index in [1.165, 1.54) is 0 Å². The van der Waals surface area contributed by atoms with Crippen LogP contribution in [0.3, 0.4) is 0 Å². The van der Waals surface area contributed by atoms with Crippen molar-refractivity contribution in [2.45, 2.75) is 52.2 Å². The summed E-state index contributed by atoms with van der Waals surface area (Å²) in [4.78, 5) is 0. The lowest BCUT2D eigenvalue weighted by molar-refractivity contribution is -0.00793. The first-order valence-electron chi connectivity index (χ1n) is 6.43. The Hall–Kier alpha value is -0.630. The minimum Gasteiger partial charge on any atom is -0.379 e. The molecule has 4 nitrogen and oxygen atoms in total. The lowest BCUT2D eigenvalue weighted by Crippen LogP contribution is -2.42. The molecule has 1 N–H and O–H groups in total. The lowest BCUT2D eigenvalue weighted by Gasteiger charge is -2.24. The van der Waals surface area contributed by atoms with Gasteiger partial charge in [0.15, 0.2) is 0 Å². The monoisotopic (exact) mass is 242 g/mol. The molecule has 0 radical (unpaired) electrons. The largest absolute Gasteiger partial charge is 0.379 e. The Balaban J connectivity index is 3.79. The quantitative estimate of drug-likeness (QED) is 0.637. The third-order valence-electron chi connectivity index (χ3n) is 2.57. The van der Waals surface area contributed by atoms with E-state index in [0.717, 1.165) is 13.0 Å².